The van der Waals surface area contributed by atoms with E-state index in [1.807, 2.05) is 0 Å². The molecule has 0 fully saturated rings. The predicted octanol–water partition coefficient (Wildman–Crippen LogP) is -2.04. The van der Waals surface area contributed by atoms with Gasteiger partial charge in [-0.05, 0) is 17.7 Å². The zero-order valence-electron chi connectivity index (χ0n) is 12.2. The Balaban J connectivity index is 0. The first-order valence-electron chi connectivity index (χ1n) is 6.00. The zero-order chi connectivity index (χ0) is 12.0. The molecule has 0 unspecified atom stereocenters. The van der Waals surface area contributed by atoms with Crippen LogP contribution in [-0.2, 0) is 0 Å². The molecule has 18 heavy (non-hydrogen) atoms. The van der Waals surface area contributed by atoms with Crippen LogP contribution in [-0.4, -0.2) is 0 Å². The van der Waals surface area contributed by atoms with Crippen molar-refractivity contribution in [3.63, 3.8) is 0 Å². The molecule has 0 amide bonds. The number of rotatable bonds is 4. The molecule has 0 radical (unpaired) electrons. The van der Waals surface area contributed by atoms with Gasteiger partial charge in [-0.25, -0.2) is 6.04 Å². The van der Waals surface area contributed by atoms with E-state index in [1.54, 1.807) is 0 Å². The Bertz CT molecular complexity index is 322. The van der Waals surface area contributed by atoms with Gasteiger partial charge in [0.05, 0.1) is 0 Å². The molecule has 0 saturated heterocycles. The van der Waals surface area contributed by atoms with Crippen LogP contribution >= 0.6 is 12.6 Å². The first-order valence-corrected chi connectivity index (χ1v) is 6.45. The molecule has 1 nitrogen and oxygen atoms in total. The SMILES string of the molecule is CC/C(S)=C(/C=C/C1=[C-]CCC[C-]1N)CC.[Na+].[Na+]. The van der Waals surface area contributed by atoms with Gasteiger partial charge in [0.15, 0.2) is 0 Å². The van der Waals surface area contributed by atoms with Crippen LogP contribution in [0.4, 0.5) is 0 Å². The Morgan fingerprint density at radius 2 is 2.06 bits per heavy atom. The molecular weight excluding hydrogens is 260 g/mol. The van der Waals surface area contributed by atoms with Gasteiger partial charge >= 0.3 is 59.1 Å². The largest absolute Gasteiger partial charge is 1.00 e. The number of thiol groups is 1. The van der Waals surface area contributed by atoms with Gasteiger partial charge in [-0.2, -0.15) is 6.08 Å². The first-order chi connectivity index (χ1) is 7.69. The monoisotopic (exact) mass is 281 g/mol. The Hall–Kier alpha value is 1.40. The Morgan fingerprint density at radius 3 is 2.56 bits per heavy atom. The Kier molecular flexibility index (Phi) is 14.7. The molecule has 0 heterocycles. The molecule has 0 aliphatic heterocycles. The topological polar surface area (TPSA) is 26.0 Å². The van der Waals surface area contributed by atoms with Crippen molar-refractivity contribution >= 4 is 12.6 Å². The summed E-state index contributed by atoms with van der Waals surface area (Å²) >= 11 is 4.49. The number of nitrogens with two attached hydrogens (primary N) is 1. The third kappa shape index (κ3) is 7.25. The van der Waals surface area contributed by atoms with Crippen LogP contribution in [0.3, 0.4) is 0 Å². The van der Waals surface area contributed by atoms with E-state index in [0.717, 1.165) is 48.6 Å². The summed E-state index contributed by atoms with van der Waals surface area (Å²) in [5.74, 6) is 0. The summed E-state index contributed by atoms with van der Waals surface area (Å²) in [6, 6.07) is 0.968. The fourth-order valence-electron chi connectivity index (χ4n) is 1.75. The second-order valence-corrected chi connectivity index (χ2v) is 4.52. The van der Waals surface area contributed by atoms with Gasteiger partial charge in [0, 0.05) is 0 Å². The molecule has 0 saturated carbocycles. The summed E-state index contributed by atoms with van der Waals surface area (Å²) < 4.78 is 0. The molecule has 0 spiro atoms. The van der Waals surface area contributed by atoms with Crippen LogP contribution < -0.4 is 64.8 Å². The van der Waals surface area contributed by atoms with Gasteiger partial charge in [0.1, 0.15) is 0 Å². The maximum Gasteiger partial charge on any atom is 1.00 e. The van der Waals surface area contributed by atoms with E-state index in [9.17, 15) is 0 Å². The summed E-state index contributed by atoms with van der Waals surface area (Å²) in [7, 11) is 0. The van der Waals surface area contributed by atoms with Crippen molar-refractivity contribution < 1.29 is 59.1 Å². The van der Waals surface area contributed by atoms with Gasteiger partial charge in [-0.3, -0.25) is 6.08 Å². The van der Waals surface area contributed by atoms with E-state index < -0.39 is 0 Å². The van der Waals surface area contributed by atoms with E-state index in [-0.39, 0.29) is 59.1 Å². The number of allylic oxidation sites excluding steroid dienone is 4. The molecule has 0 aromatic carbocycles. The van der Waals surface area contributed by atoms with Crippen LogP contribution in [0.2, 0.25) is 0 Å². The molecule has 0 bridgehead atoms. The van der Waals surface area contributed by atoms with E-state index >= 15 is 0 Å². The van der Waals surface area contributed by atoms with E-state index in [2.05, 4.69) is 44.7 Å². The van der Waals surface area contributed by atoms with Gasteiger partial charge in [0.2, 0.25) is 0 Å². The van der Waals surface area contributed by atoms with Crippen molar-refractivity contribution in [2.75, 3.05) is 0 Å². The minimum atomic E-state index is 0. The smallest absolute Gasteiger partial charge is 0.412 e. The maximum absolute atomic E-state index is 5.95. The molecule has 90 valence electrons. The van der Waals surface area contributed by atoms with Crippen LogP contribution in [0, 0.1) is 12.1 Å². The standard InChI is InChI=1S/C14H21NS.2Na/c1-3-11(14(16)4-2)9-10-12-7-5-6-8-13(12)15;;/h9-10,16H,3-6,8,15H2,1-2H3;;/q-2;2*+1/b10-9+,14-11-;;. The third-order valence-electron chi connectivity index (χ3n) is 2.82. The van der Waals surface area contributed by atoms with Crippen molar-refractivity contribution in [1.29, 1.82) is 0 Å². The number of hydrogen-bond donors (Lipinski definition) is 2. The van der Waals surface area contributed by atoms with Crippen LogP contribution in [0.25, 0.3) is 0 Å². The van der Waals surface area contributed by atoms with Crippen molar-refractivity contribution in [1.82, 2.24) is 0 Å². The molecule has 4 heteroatoms. The van der Waals surface area contributed by atoms with E-state index in [1.165, 1.54) is 5.57 Å². The molecule has 1 aliphatic carbocycles. The molecule has 2 N–H and O–H groups in total. The second-order valence-electron chi connectivity index (χ2n) is 3.98. The Labute approximate surface area is 162 Å². The minimum Gasteiger partial charge on any atom is -0.412 e. The third-order valence-corrected chi connectivity index (χ3v) is 3.43. The second kappa shape index (κ2) is 12.2. The van der Waals surface area contributed by atoms with Crippen molar-refractivity contribution in [3.8, 4) is 0 Å². The van der Waals surface area contributed by atoms with Crippen molar-refractivity contribution in [2.24, 2.45) is 5.73 Å². The quantitative estimate of drug-likeness (QED) is 0.264. The maximum atomic E-state index is 5.95. The first kappa shape index (κ1) is 21.7. The predicted molar refractivity (Wildman–Crippen MR) is 73.8 cm³/mol. The van der Waals surface area contributed by atoms with Crippen molar-refractivity contribution in [2.45, 2.75) is 46.0 Å². The zero-order valence-corrected chi connectivity index (χ0v) is 17.1. The van der Waals surface area contributed by atoms with Gasteiger partial charge < -0.3 is 17.4 Å². The van der Waals surface area contributed by atoms with Crippen LogP contribution in [0.5, 0.6) is 0 Å². The molecule has 1 rings (SSSR count). The summed E-state index contributed by atoms with van der Waals surface area (Å²) in [4.78, 5) is 1.16. The molecule has 0 aromatic rings. The minimum absolute atomic E-state index is 0. The molecule has 0 aromatic heterocycles. The fraction of sp³-hybridized carbons (Fsp3) is 0.500. The fourth-order valence-corrected chi connectivity index (χ4v) is 1.98. The Morgan fingerprint density at radius 1 is 1.39 bits per heavy atom. The van der Waals surface area contributed by atoms with Gasteiger partial charge in [-0.1, -0.05) is 25.8 Å². The average Bonchev–Trinajstić information content (AvgIpc) is 2.31. The van der Waals surface area contributed by atoms with Gasteiger partial charge in [-0.15, -0.1) is 25.5 Å². The molecule has 1 aliphatic rings. The van der Waals surface area contributed by atoms with Crippen LogP contribution in [0.15, 0.2) is 28.2 Å². The summed E-state index contributed by atoms with van der Waals surface area (Å²) in [6.45, 7) is 4.27. The van der Waals surface area contributed by atoms with E-state index in [0.29, 0.717) is 0 Å². The normalized spacial score (nSPS) is 16.7. The summed E-state index contributed by atoms with van der Waals surface area (Å²) in [6.07, 6.45) is 12.7. The summed E-state index contributed by atoms with van der Waals surface area (Å²) in [5.41, 5.74) is 8.31. The van der Waals surface area contributed by atoms with Crippen LogP contribution in [0.1, 0.15) is 46.0 Å². The molecular formula is C14H21NNa2S. The van der Waals surface area contributed by atoms with Gasteiger partial charge in [0.25, 0.3) is 0 Å². The average molecular weight is 281 g/mol. The molecule has 0 atom stereocenters. The summed E-state index contributed by atoms with van der Waals surface area (Å²) in [5, 5.41) is 0. The van der Waals surface area contributed by atoms with E-state index in [4.69, 9.17) is 5.73 Å². The number of hydrogen-bond acceptors (Lipinski definition) is 2. The van der Waals surface area contributed by atoms with Crippen molar-refractivity contribution in [3.05, 3.63) is 40.3 Å².